The van der Waals surface area contributed by atoms with Crippen LogP contribution in [0.1, 0.15) is 26.7 Å². The Morgan fingerprint density at radius 1 is 1.55 bits per heavy atom. The van der Waals surface area contributed by atoms with Crippen LogP contribution < -0.4 is 5.73 Å². The average Bonchev–Trinajstić information content (AvgIpc) is 1.91. The Morgan fingerprint density at radius 3 is 1.64 bits per heavy atom. The Balaban J connectivity index is -0.0000000339. The van der Waals surface area contributed by atoms with Crippen LogP contribution in [0, 0.1) is 13.8 Å². The van der Waals surface area contributed by atoms with Crippen molar-refractivity contribution in [1.29, 1.82) is 0 Å². The predicted molar refractivity (Wildman–Crippen MR) is 57.1 cm³/mol. The van der Waals surface area contributed by atoms with E-state index in [-0.39, 0.29) is 23.8 Å². The summed E-state index contributed by atoms with van der Waals surface area (Å²) >= 11 is 7.65. The summed E-state index contributed by atoms with van der Waals surface area (Å²) in [5.41, 5.74) is 4.71. The van der Waals surface area contributed by atoms with Gasteiger partial charge in [-0.1, -0.05) is 25.6 Å². The molecule has 0 radical (unpaired) electrons. The molecule has 0 amide bonds. The van der Waals surface area contributed by atoms with E-state index in [1.165, 1.54) is 6.42 Å². The summed E-state index contributed by atoms with van der Waals surface area (Å²) in [4.78, 5) is 0. The van der Waals surface area contributed by atoms with Crippen LogP contribution in [0.25, 0.3) is 0 Å². The van der Waals surface area contributed by atoms with Gasteiger partial charge in [0.25, 0.3) is 0 Å². The van der Waals surface area contributed by atoms with Crippen LogP contribution in [-0.4, -0.2) is 4.32 Å². The quantitative estimate of drug-likeness (QED) is 0.321. The maximum atomic E-state index is 4.71. The first-order valence-electron chi connectivity index (χ1n) is 3.13. The van der Waals surface area contributed by atoms with Crippen molar-refractivity contribution in [2.75, 3.05) is 0 Å². The van der Waals surface area contributed by atoms with Crippen LogP contribution >= 0.6 is 24.8 Å². The van der Waals surface area contributed by atoms with E-state index >= 15 is 0 Å². The fourth-order valence-electron chi connectivity index (χ4n) is 0. The minimum atomic E-state index is 0. The van der Waals surface area contributed by atoms with Gasteiger partial charge < -0.3 is 19.6 Å². The van der Waals surface area contributed by atoms with Crippen molar-refractivity contribution < 1.29 is 19.5 Å². The molecule has 64 valence electrons. The van der Waals surface area contributed by atoms with Crippen molar-refractivity contribution in [3.8, 4) is 0 Å². The second kappa shape index (κ2) is 30.7. The van der Waals surface area contributed by atoms with Crippen molar-refractivity contribution in [2.24, 2.45) is 5.73 Å². The third-order valence-corrected chi connectivity index (χ3v) is 0.354. The van der Waals surface area contributed by atoms with Gasteiger partial charge in [-0.05, 0) is 0 Å². The molecule has 0 saturated heterocycles. The number of hydrogen-bond donors (Lipinski definition) is 2. The number of unbranched alkanes of at least 4 members (excludes halogenated alkanes) is 1. The number of thiol groups is 1. The van der Waals surface area contributed by atoms with E-state index in [4.69, 9.17) is 5.73 Å². The van der Waals surface area contributed by atoms with E-state index in [1.54, 1.807) is 6.92 Å². The molecule has 0 aromatic rings. The first kappa shape index (κ1) is 22.6. The van der Waals surface area contributed by atoms with E-state index < -0.39 is 0 Å². The zero-order valence-corrected chi connectivity index (χ0v) is 12.1. The van der Waals surface area contributed by atoms with Gasteiger partial charge in [0.1, 0.15) is 4.32 Å². The summed E-state index contributed by atoms with van der Waals surface area (Å²) in [6.07, 6.45) is 2.28. The molecular weight excluding hydrogens is 228 g/mol. The second-order valence-electron chi connectivity index (χ2n) is 1.19. The number of nitrogens with two attached hydrogens (primary N) is 1. The molecule has 2 N–H and O–H groups in total. The number of hydrogen-bond acceptors (Lipinski definition) is 1. The zero-order valence-electron chi connectivity index (χ0n) is 7.47. The molecule has 0 saturated carbocycles. The van der Waals surface area contributed by atoms with Crippen molar-refractivity contribution in [3.05, 3.63) is 13.8 Å². The molecule has 0 bridgehead atoms. The minimum absolute atomic E-state index is 0. The molecule has 0 rings (SSSR count). The molecule has 0 aromatic heterocycles. The molecule has 0 aliphatic carbocycles. The van der Waals surface area contributed by atoms with Crippen LogP contribution in [0.3, 0.4) is 0 Å². The maximum Gasteiger partial charge on any atom is 2.00 e. The van der Waals surface area contributed by atoms with E-state index in [9.17, 15) is 0 Å². The average molecular weight is 245 g/mol. The van der Waals surface area contributed by atoms with Crippen LogP contribution in [0.5, 0.6) is 0 Å². The van der Waals surface area contributed by atoms with Gasteiger partial charge in [-0.25, -0.2) is 0 Å². The molecule has 0 unspecified atom stereocenters. The molecule has 0 atom stereocenters. The van der Waals surface area contributed by atoms with Gasteiger partial charge in [-0.3, -0.25) is 0 Å². The summed E-state index contributed by atoms with van der Waals surface area (Å²) in [6.45, 7) is 10.7. The normalized spacial score (nSPS) is 5.55. The second-order valence-corrected chi connectivity index (χ2v) is 2.42. The van der Waals surface area contributed by atoms with Gasteiger partial charge in [-0.15, -0.1) is 12.6 Å². The summed E-state index contributed by atoms with van der Waals surface area (Å²) in [5.74, 6) is 0. The SMILES string of the molecule is NC(=S)S.[CH2-]C.[CH2-]CCC.[Zn+2]. The predicted octanol–water partition coefficient (Wildman–Crippen LogP) is 2.62. The number of thiocarbonyl (C=S) groups is 1. The molecular formula is C7H17NS2Zn. The van der Waals surface area contributed by atoms with Crippen LogP contribution in [0.2, 0.25) is 0 Å². The van der Waals surface area contributed by atoms with Gasteiger partial charge in [0.05, 0.1) is 0 Å². The number of rotatable bonds is 1. The summed E-state index contributed by atoms with van der Waals surface area (Å²) in [5, 5.41) is 0. The van der Waals surface area contributed by atoms with Crippen LogP contribution in [0.4, 0.5) is 0 Å². The third kappa shape index (κ3) is 246. The molecule has 0 spiro atoms. The first-order valence-corrected chi connectivity index (χ1v) is 3.99. The monoisotopic (exact) mass is 243 g/mol. The molecule has 0 aromatic carbocycles. The van der Waals surface area contributed by atoms with E-state index in [0.717, 1.165) is 6.42 Å². The third-order valence-electron chi connectivity index (χ3n) is 0.354. The van der Waals surface area contributed by atoms with Gasteiger partial charge in [0.15, 0.2) is 0 Å². The summed E-state index contributed by atoms with van der Waals surface area (Å²) in [7, 11) is 0. The van der Waals surface area contributed by atoms with Gasteiger partial charge >= 0.3 is 19.5 Å². The van der Waals surface area contributed by atoms with Crippen molar-refractivity contribution in [2.45, 2.75) is 26.7 Å². The molecule has 0 fully saturated rings. The zero-order chi connectivity index (χ0) is 8.99. The molecule has 11 heavy (non-hydrogen) atoms. The van der Waals surface area contributed by atoms with Crippen molar-refractivity contribution in [1.82, 2.24) is 0 Å². The van der Waals surface area contributed by atoms with Gasteiger partial charge in [0, 0.05) is 0 Å². The van der Waals surface area contributed by atoms with E-state index in [2.05, 4.69) is 45.6 Å². The minimum Gasteiger partial charge on any atom is -0.385 e. The summed E-state index contributed by atoms with van der Waals surface area (Å²) < 4.78 is 0.194. The summed E-state index contributed by atoms with van der Waals surface area (Å²) in [6, 6.07) is 0. The smallest absolute Gasteiger partial charge is 0.385 e. The largest absolute Gasteiger partial charge is 2.00 e. The fourth-order valence-corrected chi connectivity index (χ4v) is 0. The maximum absolute atomic E-state index is 4.71. The first-order chi connectivity index (χ1) is 4.65. The Morgan fingerprint density at radius 2 is 1.64 bits per heavy atom. The molecule has 4 heteroatoms. The van der Waals surface area contributed by atoms with Gasteiger partial charge in [-0.2, -0.15) is 13.3 Å². The molecule has 1 nitrogen and oxygen atoms in total. The topological polar surface area (TPSA) is 26.0 Å². The Kier molecular flexibility index (Phi) is 63.3. The van der Waals surface area contributed by atoms with Crippen molar-refractivity contribution >= 4 is 29.2 Å². The van der Waals surface area contributed by atoms with E-state index in [1.807, 2.05) is 0 Å². The van der Waals surface area contributed by atoms with Crippen LogP contribution in [0.15, 0.2) is 0 Å². The fraction of sp³-hybridized carbons (Fsp3) is 0.571. The Bertz CT molecular complexity index is 54.4. The Hall–Kier alpha value is 0.863. The van der Waals surface area contributed by atoms with E-state index in [0.29, 0.717) is 0 Å². The standard InChI is InChI=1S/C4H9.C2H5.CH3NS2.Zn/c1-3-4-2;1-2;2-1(3)4;/h1,3-4H2,2H3;1H2,2H3;(H3,2,3,4);/q2*-1;;+2. The molecule has 0 aliphatic rings. The van der Waals surface area contributed by atoms with Crippen LogP contribution in [-0.2, 0) is 19.5 Å². The molecule has 0 heterocycles. The van der Waals surface area contributed by atoms with Gasteiger partial charge in [0.2, 0.25) is 0 Å². The van der Waals surface area contributed by atoms with Crippen molar-refractivity contribution in [3.63, 3.8) is 0 Å². The Labute approximate surface area is 94.7 Å². The molecule has 0 aliphatic heterocycles.